The molecule has 0 aromatic heterocycles. The number of Topliss-reactive ketones (excluding diaryl/α,β-unsaturated/α-hetero) is 1. The molecule has 0 spiro atoms. The van der Waals surface area contributed by atoms with E-state index >= 15 is 0 Å². The van der Waals surface area contributed by atoms with Crippen LogP contribution < -0.4 is 0 Å². The molecule has 1 aliphatic carbocycles. The van der Waals surface area contributed by atoms with Gasteiger partial charge in [-0.25, -0.2) is 4.39 Å². The molecule has 0 atom stereocenters. The van der Waals surface area contributed by atoms with Crippen LogP contribution in [0.3, 0.4) is 0 Å². The minimum Gasteiger partial charge on any atom is -0.383 e. The van der Waals surface area contributed by atoms with Crippen molar-refractivity contribution in [3.8, 4) is 0 Å². The number of ketones is 1. The first-order valence-corrected chi connectivity index (χ1v) is 4.78. The average Bonchev–Trinajstić information content (AvgIpc) is 2.42. The number of fused-ring (bicyclic) bond motifs is 1. The van der Waals surface area contributed by atoms with Crippen molar-refractivity contribution in [2.24, 2.45) is 0 Å². The molecule has 0 N–H and O–H groups in total. The van der Waals surface area contributed by atoms with E-state index in [9.17, 15) is 9.18 Å². The smallest absolute Gasteiger partial charge is 0.191 e. The van der Waals surface area contributed by atoms with Crippen LogP contribution in [0.4, 0.5) is 4.39 Å². The van der Waals surface area contributed by atoms with Crippen LogP contribution in [-0.2, 0) is 6.42 Å². The fourth-order valence-corrected chi connectivity index (χ4v) is 1.80. The fraction of sp³-hybridized carbons (Fsp3) is 0.250. The van der Waals surface area contributed by atoms with E-state index in [0.717, 1.165) is 11.1 Å². The maximum Gasteiger partial charge on any atom is 0.191 e. The van der Waals surface area contributed by atoms with E-state index in [-0.39, 0.29) is 11.6 Å². The van der Waals surface area contributed by atoms with Crippen molar-refractivity contribution < 1.29 is 9.18 Å². The van der Waals surface area contributed by atoms with Crippen LogP contribution >= 0.6 is 0 Å². The highest BCUT2D eigenvalue weighted by atomic mass is 19.1. The fourth-order valence-electron chi connectivity index (χ4n) is 1.80. The average molecular weight is 205 g/mol. The Labute approximate surface area is 88.0 Å². The Morgan fingerprint density at radius 2 is 2.13 bits per heavy atom. The first kappa shape index (κ1) is 9.90. The minimum absolute atomic E-state index is 0.0127. The number of hydrogen-bond donors (Lipinski definition) is 0. The molecule has 1 aromatic carbocycles. The molecule has 1 aromatic rings. The lowest BCUT2D eigenvalue weighted by Crippen LogP contribution is -2.06. The van der Waals surface area contributed by atoms with Gasteiger partial charge in [0.25, 0.3) is 0 Å². The van der Waals surface area contributed by atoms with Gasteiger partial charge in [0, 0.05) is 37.9 Å². The number of carbonyl (C=O) groups excluding carboxylic acids is 1. The van der Waals surface area contributed by atoms with Crippen LogP contribution in [0.15, 0.2) is 30.0 Å². The van der Waals surface area contributed by atoms with Crippen LogP contribution in [0.25, 0.3) is 0 Å². The molecule has 0 saturated heterocycles. The zero-order chi connectivity index (χ0) is 11.0. The SMILES string of the molecule is CN(C)/C=C1\Cc2cc(F)ccc2C1=O. The molecule has 0 saturated carbocycles. The van der Waals surface area contributed by atoms with Crippen LogP contribution in [0, 0.1) is 5.82 Å². The first-order chi connectivity index (χ1) is 7.08. The van der Waals surface area contributed by atoms with Gasteiger partial charge in [0.2, 0.25) is 0 Å². The van der Waals surface area contributed by atoms with E-state index in [2.05, 4.69) is 0 Å². The molecule has 0 amide bonds. The second-order valence-corrected chi connectivity index (χ2v) is 3.93. The number of allylic oxidation sites excluding steroid dienone is 1. The topological polar surface area (TPSA) is 20.3 Å². The van der Waals surface area contributed by atoms with Crippen molar-refractivity contribution in [1.29, 1.82) is 0 Å². The lowest BCUT2D eigenvalue weighted by atomic mass is 10.1. The number of carbonyl (C=O) groups is 1. The molecule has 2 rings (SSSR count). The third-order valence-corrected chi connectivity index (χ3v) is 2.40. The molecular formula is C12H12FNO. The van der Waals surface area contributed by atoms with E-state index in [1.54, 1.807) is 12.3 Å². The number of halogens is 1. The molecule has 0 fully saturated rings. The van der Waals surface area contributed by atoms with Crippen molar-refractivity contribution in [3.63, 3.8) is 0 Å². The second-order valence-electron chi connectivity index (χ2n) is 3.93. The largest absolute Gasteiger partial charge is 0.383 e. The Balaban J connectivity index is 2.41. The highest BCUT2D eigenvalue weighted by Crippen LogP contribution is 2.26. The van der Waals surface area contributed by atoms with E-state index < -0.39 is 0 Å². The van der Waals surface area contributed by atoms with E-state index in [1.165, 1.54) is 12.1 Å². The molecule has 15 heavy (non-hydrogen) atoms. The lowest BCUT2D eigenvalue weighted by molar-refractivity contribution is 0.103. The van der Waals surface area contributed by atoms with E-state index in [1.807, 2.05) is 19.0 Å². The van der Waals surface area contributed by atoms with E-state index in [0.29, 0.717) is 12.0 Å². The van der Waals surface area contributed by atoms with Gasteiger partial charge in [0.15, 0.2) is 5.78 Å². The third kappa shape index (κ3) is 1.77. The molecule has 78 valence electrons. The van der Waals surface area contributed by atoms with Crippen molar-refractivity contribution >= 4 is 5.78 Å². The molecule has 0 aliphatic heterocycles. The summed E-state index contributed by atoms with van der Waals surface area (Å²) >= 11 is 0. The number of hydrogen-bond acceptors (Lipinski definition) is 2. The minimum atomic E-state index is -0.285. The summed E-state index contributed by atoms with van der Waals surface area (Å²) in [4.78, 5) is 13.7. The summed E-state index contributed by atoms with van der Waals surface area (Å²) in [6.07, 6.45) is 2.32. The summed E-state index contributed by atoms with van der Waals surface area (Å²) < 4.78 is 12.9. The van der Waals surface area contributed by atoms with E-state index in [4.69, 9.17) is 0 Å². The van der Waals surface area contributed by atoms with Gasteiger partial charge in [-0.2, -0.15) is 0 Å². The molecule has 0 radical (unpaired) electrons. The zero-order valence-electron chi connectivity index (χ0n) is 8.75. The Morgan fingerprint density at radius 3 is 2.80 bits per heavy atom. The number of benzene rings is 1. The van der Waals surface area contributed by atoms with Gasteiger partial charge in [-0.15, -0.1) is 0 Å². The van der Waals surface area contributed by atoms with Crippen molar-refractivity contribution in [2.45, 2.75) is 6.42 Å². The van der Waals surface area contributed by atoms with Crippen LogP contribution in [-0.4, -0.2) is 24.8 Å². The Bertz CT molecular complexity index is 449. The molecule has 0 heterocycles. The Hall–Kier alpha value is -1.64. The Morgan fingerprint density at radius 1 is 1.40 bits per heavy atom. The summed E-state index contributed by atoms with van der Waals surface area (Å²) in [5, 5.41) is 0. The standard InChI is InChI=1S/C12H12FNO/c1-14(2)7-9-5-8-6-10(13)3-4-11(8)12(9)15/h3-4,6-7H,5H2,1-2H3/b9-7+. The summed E-state index contributed by atoms with van der Waals surface area (Å²) in [5.74, 6) is -0.272. The summed E-state index contributed by atoms with van der Waals surface area (Å²) in [6.45, 7) is 0. The lowest BCUT2D eigenvalue weighted by Gasteiger charge is -2.05. The maximum absolute atomic E-state index is 12.9. The number of nitrogens with zero attached hydrogens (tertiary/aromatic N) is 1. The quantitative estimate of drug-likeness (QED) is 0.654. The number of rotatable bonds is 1. The Kier molecular flexibility index (Phi) is 2.31. The van der Waals surface area contributed by atoms with Gasteiger partial charge in [0.1, 0.15) is 5.82 Å². The summed E-state index contributed by atoms with van der Waals surface area (Å²) in [6, 6.07) is 4.32. The van der Waals surface area contributed by atoms with Crippen molar-refractivity contribution in [1.82, 2.24) is 4.90 Å². The predicted molar refractivity (Wildman–Crippen MR) is 56.2 cm³/mol. The molecular weight excluding hydrogens is 193 g/mol. The van der Waals surface area contributed by atoms with Crippen LogP contribution in [0.2, 0.25) is 0 Å². The van der Waals surface area contributed by atoms with Gasteiger partial charge in [-0.1, -0.05) is 0 Å². The van der Waals surface area contributed by atoms with Gasteiger partial charge >= 0.3 is 0 Å². The molecule has 1 aliphatic rings. The summed E-state index contributed by atoms with van der Waals surface area (Å²) in [5.41, 5.74) is 2.14. The molecule has 0 unspecified atom stereocenters. The first-order valence-electron chi connectivity index (χ1n) is 4.78. The second kappa shape index (κ2) is 3.50. The van der Waals surface area contributed by atoms with Gasteiger partial charge in [-0.3, -0.25) is 4.79 Å². The summed E-state index contributed by atoms with van der Waals surface area (Å²) in [7, 11) is 3.73. The molecule has 3 heteroatoms. The van der Waals surface area contributed by atoms with Gasteiger partial charge in [-0.05, 0) is 23.8 Å². The zero-order valence-corrected chi connectivity index (χ0v) is 8.75. The molecule has 2 nitrogen and oxygen atoms in total. The van der Waals surface area contributed by atoms with Gasteiger partial charge in [0.05, 0.1) is 0 Å². The van der Waals surface area contributed by atoms with Gasteiger partial charge < -0.3 is 4.90 Å². The normalized spacial score (nSPS) is 17.0. The van der Waals surface area contributed by atoms with Crippen molar-refractivity contribution in [3.05, 3.63) is 46.9 Å². The highest BCUT2D eigenvalue weighted by molar-refractivity contribution is 6.13. The van der Waals surface area contributed by atoms with Crippen LogP contribution in [0.1, 0.15) is 15.9 Å². The van der Waals surface area contributed by atoms with Crippen LogP contribution in [0.5, 0.6) is 0 Å². The maximum atomic E-state index is 12.9. The third-order valence-electron chi connectivity index (χ3n) is 2.40. The highest BCUT2D eigenvalue weighted by Gasteiger charge is 2.24. The molecule has 0 bridgehead atoms. The van der Waals surface area contributed by atoms with Crippen molar-refractivity contribution in [2.75, 3.05) is 14.1 Å². The monoisotopic (exact) mass is 205 g/mol. The predicted octanol–water partition coefficient (Wildman–Crippen LogP) is 2.01.